The zero-order valence-electron chi connectivity index (χ0n) is 11.4. The maximum Gasteiger partial charge on any atom is 0.390 e. The molecular weight excluding hydrogens is 253 g/mol. The highest BCUT2D eigenvalue weighted by molar-refractivity contribution is 5.53. The van der Waals surface area contributed by atoms with Crippen LogP contribution in [0.1, 0.15) is 25.3 Å². The number of halogens is 3. The Balaban J connectivity index is 2.64. The summed E-state index contributed by atoms with van der Waals surface area (Å²) in [5.74, 6) is 0. The molecule has 108 valence electrons. The number of benzene rings is 1. The summed E-state index contributed by atoms with van der Waals surface area (Å²) in [6.45, 7) is 3.64. The van der Waals surface area contributed by atoms with Crippen LogP contribution in [0.2, 0.25) is 0 Å². The highest BCUT2D eigenvalue weighted by atomic mass is 19.4. The molecule has 1 aromatic carbocycles. The third-order valence-electron chi connectivity index (χ3n) is 2.88. The second-order valence-corrected chi connectivity index (χ2v) is 4.59. The Morgan fingerprint density at radius 1 is 1.21 bits per heavy atom. The van der Waals surface area contributed by atoms with E-state index in [0.717, 1.165) is 24.2 Å². The Hall–Kier alpha value is -1.23. The average Bonchev–Trinajstić information content (AvgIpc) is 2.36. The maximum absolute atomic E-state index is 12.2. The molecular formula is C14H21F3N2. The largest absolute Gasteiger partial charge is 0.390 e. The fourth-order valence-electron chi connectivity index (χ4n) is 1.85. The molecule has 0 heterocycles. The summed E-state index contributed by atoms with van der Waals surface area (Å²) in [5.41, 5.74) is 1.89. The smallest absolute Gasteiger partial charge is 0.374 e. The molecule has 19 heavy (non-hydrogen) atoms. The highest BCUT2D eigenvalue weighted by Gasteiger charge is 2.27. The summed E-state index contributed by atoms with van der Waals surface area (Å²) < 4.78 is 36.7. The average molecular weight is 274 g/mol. The minimum atomic E-state index is -4.11. The van der Waals surface area contributed by atoms with Crippen LogP contribution in [0.25, 0.3) is 0 Å². The standard InChI is InChI=1S/C14H21F3N2/c1-3-9-18-11-12-6-4-5-7-13(12)19(2)10-8-14(15,16)17/h4-7,18H,3,8-11H2,1-2H3. The molecule has 0 aromatic heterocycles. The van der Waals surface area contributed by atoms with Crippen LogP contribution in [-0.2, 0) is 6.54 Å². The summed E-state index contributed by atoms with van der Waals surface area (Å²) in [5, 5.41) is 3.27. The molecule has 0 fully saturated rings. The van der Waals surface area contributed by atoms with Crippen molar-refractivity contribution < 1.29 is 13.2 Å². The van der Waals surface area contributed by atoms with Gasteiger partial charge in [0.1, 0.15) is 0 Å². The van der Waals surface area contributed by atoms with Gasteiger partial charge in [-0.05, 0) is 24.6 Å². The lowest BCUT2D eigenvalue weighted by atomic mass is 10.1. The van der Waals surface area contributed by atoms with Crippen molar-refractivity contribution in [2.75, 3.05) is 25.0 Å². The lowest BCUT2D eigenvalue weighted by Crippen LogP contribution is -2.26. The number of para-hydroxylation sites is 1. The molecule has 0 aliphatic carbocycles. The summed E-state index contributed by atoms with van der Waals surface area (Å²) in [4.78, 5) is 1.66. The third kappa shape index (κ3) is 5.96. The summed E-state index contributed by atoms with van der Waals surface area (Å²) in [7, 11) is 1.70. The SMILES string of the molecule is CCCNCc1ccccc1N(C)CCC(F)(F)F. The van der Waals surface area contributed by atoms with Gasteiger partial charge in [-0.3, -0.25) is 0 Å². The number of alkyl halides is 3. The quantitative estimate of drug-likeness (QED) is 0.765. The molecule has 0 spiro atoms. The summed E-state index contributed by atoms with van der Waals surface area (Å²) >= 11 is 0. The first-order valence-corrected chi connectivity index (χ1v) is 6.50. The summed E-state index contributed by atoms with van der Waals surface area (Å²) in [6, 6.07) is 7.56. The molecule has 0 saturated carbocycles. The van der Waals surface area contributed by atoms with E-state index in [2.05, 4.69) is 12.2 Å². The van der Waals surface area contributed by atoms with Gasteiger partial charge >= 0.3 is 6.18 Å². The van der Waals surface area contributed by atoms with Gasteiger partial charge < -0.3 is 10.2 Å². The van der Waals surface area contributed by atoms with Crippen molar-refractivity contribution in [2.24, 2.45) is 0 Å². The first-order chi connectivity index (χ1) is 8.94. The van der Waals surface area contributed by atoms with E-state index >= 15 is 0 Å². The van der Waals surface area contributed by atoms with Gasteiger partial charge in [0.25, 0.3) is 0 Å². The van der Waals surface area contributed by atoms with Crippen molar-refractivity contribution in [3.05, 3.63) is 29.8 Å². The Morgan fingerprint density at radius 3 is 2.53 bits per heavy atom. The van der Waals surface area contributed by atoms with Crippen LogP contribution in [0.15, 0.2) is 24.3 Å². The maximum atomic E-state index is 12.2. The Kier molecular flexibility index (Phi) is 6.15. The minimum absolute atomic E-state index is 0.0196. The van der Waals surface area contributed by atoms with Crippen LogP contribution in [0.5, 0.6) is 0 Å². The lowest BCUT2D eigenvalue weighted by Gasteiger charge is -2.23. The van der Waals surface area contributed by atoms with Gasteiger partial charge in [-0.2, -0.15) is 13.2 Å². The van der Waals surface area contributed by atoms with Crippen molar-refractivity contribution in [1.82, 2.24) is 5.32 Å². The molecule has 0 atom stereocenters. The predicted molar refractivity (Wildman–Crippen MR) is 72.4 cm³/mol. The van der Waals surface area contributed by atoms with Gasteiger partial charge in [0.2, 0.25) is 0 Å². The molecule has 1 aromatic rings. The first-order valence-electron chi connectivity index (χ1n) is 6.50. The van der Waals surface area contributed by atoms with Gasteiger partial charge in [0.15, 0.2) is 0 Å². The van der Waals surface area contributed by atoms with E-state index < -0.39 is 12.6 Å². The summed E-state index contributed by atoms with van der Waals surface area (Å²) in [6.07, 6.45) is -3.87. The van der Waals surface area contributed by atoms with Crippen molar-refractivity contribution >= 4 is 5.69 Å². The molecule has 5 heteroatoms. The van der Waals surface area contributed by atoms with E-state index in [4.69, 9.17) is 0 Å². The monoisotopic (exact) mass is 274 g/mol. The van der Waals surface area contributed by atoms with Crippen molar-refractivity contribution in [3.63, 3.8) is 0 Å². The van der Waals surface area contributed by atoms with E-state index in [1.54, 1.807) is 11.9 Å². The van der Waals surface area contributed by atoms with Crippen LogP contribution >= 0.6 is 0 Å². The number of nitrogens with one attached hydrogen (secondary N) is 1. The van der Waals surface area contributed by atoms with E-state index in [0.29, 0.717) is 6.54 Å². The predicted octanol–water partition coefficient (Wildman–Crippen LogP) is 3.57. The molecule has 0 bridgehead atoms. The molecule has 1 N–H and O–H groups in total. The fourth-order valence-corrected chi connectivity index (χ4v) is 1.85. The molecule has 0 saturated heterocycles. The molecule has 0 aliphatic rings. The van der Waals surface area contributed by atoms with Crippen LogP contribution in [-0.4, -0.2) is 26.3 Å². The van der Waals surface area contributed by atoms with Gasteiger partial charge in [-0.1, -0.05) is 25.1 Å². The number of rotatable bonds is 7. The minimum Gasteiger partial charge on any atom is -0.374 e. The third-order valence-corrected chi connectivity index (χ3v) is 2.88. The zero-order valence-corrected chi connectivity index (χ0v) is 11.4. The Labute approximate surface area is 112 Å². The molecule has 0 unspecified atom stereocenters. The van der Waals surface area contributed by atoms with Crippen LogP contribution in [0.3, 0.4) is 0 Å². The van der Waals surface area contributed by atoms with Crippen LogP contribution in [0.4, 0.5) is 18.9 Å². The highest BCUT2D eigenvalue weighted by Crippen LogP contribution is 2.23. The lowest BCUT2D eigenvalue weighted by molar-refractivity contribution is -0.132. The Bertz CT molecular complexity index is 377. The van der Waals surface area contributed by atoms with E-state index in [1.165, 1.54) is 0 Å². The van der Waals surface area contributed by atoms with Crippen LogP contribution in [0, 0.1) is 0 Å². The van der Waals surface area contributed by atoms with Gasteiger partial charge in [-0.25, -0.2) is 0 Å². The molecule has 0 radical (unpaired) electrons. The molecule has 1 rings (SSSR count). The second-order valence-electron chi connectivity index (χ2n) is 4.59. The Morgan fingerprint density at radius 2 is 1.89 bits per heavy atom. The zero-order chi connectivity index (χ0) is 14.3. The van der Waals surface area contributed by atoms with Crippen molar-refractivity contribution in [1.29, 1.82) is 0 Å². The van der Waals surface area contributed by atoms with Gasteiger partial charge in [-0.15, -0.1) is 0 Å². The van der Waals surface area contributed by atoms with Crippen molar-refractivity contribution in [3.8, 4) is 0 Å². The topological polar surface area (TPSA) is 15.3 Å². The molecule has 2 nitrogen and oxygen atoms in total. The number of hydrogen-bond acceptors (Lipinski definition) is 2. The normalized spacial score (nSPS) is 11.6. The molecule has 0 aliphatic heterocycles. The number of hydrogen-bond donors (Lipinski definition) is 1. The fraction of sp³-hybridized carbons (Fsp3) is 0.571. The van der Waals surface area contributed by atoms with E-state index in [-0.39, 0.29) is 6.54 Å². The number of nitrogens with zero attached hydrogens (tertiary/aromatic N) is 1. The van der Waals surface area contributed by atoms with E-state index in [9.17, 15) is 13.2 Å². The molecule has 0 amide bonds. The number of anilines is 1. The van der Waals surface area contributed by atoms with Crippen molar-refractivity contribution in [2.45, 2.75) is 32.5 Å². The second kappa shape index (κ2) is 7.38. The first kappa shape index (κ1) is 15.8. The van der Waals surface area contributed by atoms with E-state index in [1.807, 2.05) is 24.3 Å². The van der Waals surface area contributed by atoms with Crippen LogP contribution < -0.4 is 10.2 Å². The van der Waals surface area contributed by atoms with Gasteiger partial charge in [0, 0.05) is 25.8 Å². The van der Waals surface area contributed by atoms with Gasteiger partial charge in [0.05, 0.1) is 6.42 Å².